The van der Waals surface area contributed by atoms with Crippen LogP contribution in [-0.4, -0.2) is 24.4 Å². The molecule has 0 fully saturated rings. The number of carbonyl (C=O) groups excluding carboxylic acids is 1. The van der Waals surface area contributed by atoms with Crippen LogP contribution in [0.1, 0.15) is 22.2 Å². The zero-order chi connectivity index (χ0) is 14.9. The minimum Gasteiger partial charge on any atom is -0.454 e. The van der Waals surface area contributed by atoms with Gasteiger partial charge in [-0.05, 0) is 36.6 Å². The molecule has 6 heteroatoms. The predicted molar refractivity (Wildman–Crippen MR) is 78.8 cm³/mol. The van der Waals surface area contributed by atoms with Gasteiger partial charge >= 0.3 is 0 Å². The number of hydrogen-bond acceptors (Lipinski definition) is 5. The Morgan fingerprint density at radius 2 is 2.19 bits per heavy atom. The van der Waals surface area contributed by atoms with Crippen molar-refractivity contribution in [2.75, 3.05) is 13.3 Å². The normalized spacial score (nSPS) is 15.5. The summed E-state index contributed by atoms with van der Waals surface area (Å²) in [7, 11) is 0. The minimum absolute atomic E-state index is 0.140. The van der Waals surface area contributed by atoms with Gasteiger partial charge in [0.15, 0.2) is 11.5 Å². The molecule has 1 atom stereocenters. The van der Waals surface area contributed by atoms with Crippen molar-refractivity contribution in [3.05, 3.63) is 46.2 Å². The van der Waals surface area contributed by atoms with Crippen LogP contribution >= 0.6 is 11.3 Å². The molecule has 1 aliphatic rings. The SMILES string of the molecule is C[C@](O)(CNC(=O)c1ccc2c(c1)OCO2)c1cccs1. The molecule has 1 aromatic heterocycles. The van der Waals surface area contributed by atoms with Crippen LogP contribution in [0.2, 0.25) is 0 Å². The van der Waals surface area contributed by atoms with Crippen LogP contribution in [0.15, 0.2) is 35.7 Å². The topological polar surface area (TPSA) is 67.8 Å². The average molecular weight is 305 g/mol. The first kappa shape index (κ1) is 13.9. The van der Waals surface area contributed by atoms with Gasteiger partial charge < -0.3 is 19.9 Å². The molecular formula is C15H15NO4S. The van der Waals surface area contributed by atoms with Crippen molar-refractivity contribution >= 4 is 17.2 Å². The largest absolute Gasteiger partial charge is 0.454 e. The predicted octanol–water partition coefficient (Wildman–Crippen LogP) is 2.11. The minimum atomic E-state index is -1.08. The Labute approximate surface area is 126 Å². The lowest BCUT2D eigenvalue weighted by atomic mass is 10.0. The number of carbonyl (C=O) groups is 1. The molecule has 0 radical (unpaired) electrons. The summed E-state index contributed by atoms with van der Waals surface area (Å²) >= 11 is 1.46. The zero-order valence-electron chi connectivity index (χ0n) is 11.5. The van der Waals surface area contributed by atoms with Crippen molar-refractivity contribution in [3.63, 3.8) is 0 Å². The van der Waals surface area contributed by atoms with E-state index < -0.39 is 5.60 Å². The fourth-order valence-electron chi connectivity index (χ4n) is 2.06. The highest BCUT2D eigenvalue weighted by atomic mass is 32.1. The number of aliphatic hydroxyl groups is 1. The van der Waals surface area contributed by atoms with Crippen LogP contribution in [0.5, 0.6) is 11.5 Å². The number of ether oxygens (including phenoxy) is 2. The second-order valence-electron chi connectivity index (χ2n) is 5.00. The number of fused-ring (bicyclic) bond motifs is 1. The van der Waals surface area contributed by atoms with Gasteiger partial charge in [0.1, 0.15) is 5.60 Å². The molecule has 1 aromatic carbocycles. The molecule has 0 aliphatic carbocycles. The maximum atomic E-state index is 12.1. The lowest BCUT2D eigenvalue weighted by Crippen LogP contribution is -2.38. The maximum absolute atomic E-state index is 12.1. The van der Waals surface area contributed by atoms with Crippen molar-refractivity contribution in [2.24, 2.45) is 0 Å². The van der Waals surface area contributed by atoms with Crippen molar-refractivity contribution in [1.29, 1.82) is 0 Å². The van der Waals surface area contributed by atoms with E-state index in [1.54, 1.807) is 25.1 Å². The molecule has 2 aromatic rings. The van der Waals surface area contributed by atoms with Gasteiger partial charge in [-0.25, -0.2) is 0 Å². The van der Waals surface area contributed by atoms with E-state index in [0.717, 1.165) is 4.88 Å². The summed E-state index contributed by atoms with van der Waals surface area (Å²) in [4.78, 5) is 13.0. The van der Waals surface area contributed by atoms with E-state index in [1.165, 1.54) is 11.3 Å². The quantitative estimate of drug-likeness (QED) is 0.908. The molecule has 5 nitrogen and oxygen atoms in total. The fraction of sp³-hybridized carbons (Fsp3) is 0.267. The summed E-state index contributed by atoms with van der Waals surface area (Å²) in [5.74, 6) is 0.940. The molecule has 110 valence electrons. The van der Waals surface area contributed by atoms with Crippen molar-refractivity contribution in [1.82, 2.24) is 5.32 Å². The summed E-state index contributed by atoms with van der Waals surface area (Å²) in [6.07, 6.45) is 0. The molecule has 0 saturated heterocycles. The number of amides is 1. The maximum Gasteiger partial charge on any atom is 0.251 e. The van der Waals surface area contributed by atoms with Gasteiger partial charge in [0.05, 0.1) is 6.54 Å². The third-order valence-electron chi connectivity index (χ3n) is 3.28. The van der Waals surface area contributed by atoms with E-state index in [0.29, 0.717) is 17.1 Å². The second kappa shape index (κ2) is 5.38. The molecule has 0 unspecified atom stereocenters. The van der Waals surface area contributed by atoms with Crippen LogP contribution in [0.3, 0.4) is 0 Å². The fourth-order valence-corrected chi connectivity index (χ4v) is 2.85. The summed E-state index contributed by atoms with van der Waals surface area (Å²) in [5, 5.41) is 15.0. The van der Waals surface area contributed by atoms with Crippen LogP contribution in [0.4, 0.5) is 0 Å². The van der Waals surface area contributed by atoms with Gasteiger partial charge in [-0.15, -0.1) is 11.3 Å². The molecule has 1 amide bonds. The van der Waals surface area contributed by atoms with Gasteiger partial charge in [0.2, 0.25) is 6.79 Å². The highest BCUT2D eigenvalue weighted by Crippen LogP contribution is 2.32. The first-order chi connectivity index (χ1) is 10.1. The zero-order valence-corrected chi connectivity index (χ0v) is 12.3. The number of benzene rings is 1. The third-order valence-corrected chi connectivity index (χ3v) is 4.40. The smallest absolute Gasteiger partial charge is 0.251 e. The molecule has 2 heterocycles. The van der Waals surface area contributed by atoms with E-state index in [-0.39, 0.29) is 19.2 Å². The number of thiophene rings is 1. The highest BCUT2D eigenvalue weighted by Gasteiger charge is 2.25. The van der Waals surface area contributed by atoms with Crippen LogP contribution in [0.25, 0.3) is 0 Å². The summed E-state index contributed by atoms with van der Waals surface area (Å²) in [6.45, 7) is 1.99. The molecule has 3 rings (SSSR count). The molecule has 2 N–H and O–H groups in total. The Bertz CT molecular complexity index is 652. The van der Waals surface area contributed by atoms with Crippen molar-refractivity contribution in [3.8, 4) is 11.5 Å². The lowest BCUT2D eigenvalue weighted by Gasteiger charge is -2.22. The monoisotopic (exact) mass is 305 g/mol. The van der Waals surface area contributed by atoms with Crippen LogP contribution < -0.4 is 14.8 Å². The van der Waals surface area contributed by atoms with E-state index in [4.69, 9.17) is 9.47 Å². The molecule has 0 saturated carbocycles. The van der Waals surface area contributed by atoms with Gasteiger partial charge in [-0.1, -0.05) is 6.07 Å². The molecular weight excluding hydrogens is 290 g/mol. The number of hydrogen-bond donors (Lipinski definition) is 2. The van der Waals surface area contributed by atoms with Gasteiger partial charge in [-0.3, -0.25) is 4.79 Å². The standard InChI is InChI=1S/C15H15NO4S/c1-15(18,13-3-2-6-21-13)8-16-14(17)10-4-5-11-12(7-10)20-9-19-11/h2-7,18H,8-9H2,1H3,(H,16,17)/t15-/m0/s1. The van der Waals surface area contributed by atoms with Crippen molar-refractivity contribution < 1.29 is 19.4 Å². The molecule has 1 aliphatic heterocycles. The van der Waals surface area contributed by atoms with Gasteiger partial charge in [0, 0.05) is 10.4 Å². The van der Waals surface area contributed by atoms with Gasteiger partial charge in [0.25, 0.3) is 5.91 Å². The first-order valence-corrected chi connectivity index (χ1v) is 7.38. The summed E-state index contributed by atoms with van der Waals surface area (Å²) in [5.41, 5.74) is -0.610. The Morgan fingerprint density at radius 3 is 2.95 bits per heavy atom. The van der Waals surface area contributed by atoms with Crippen LogP contribution in [-0.2, 0) is 5.60 Å². The molecule has 0 spiro atoms. The van der Waals surface area contributed by atoms with Gasteiger partial charge in [-0.2, -0.15) is 0 Å². The lowest BCUT2D eigenvalue weighted by molar-refractivity contribution is 0.0556. The van der Waals surface area contributed by atoms with E-state index >= 15 is 0 Å². The number of rotatable bonds is 4. The molecule has 21 heavy (non-hydrogen) atoms. The van der Waals surface area contributed by atoms with E-state index in [1.807, 2.05) is 17.5 Å². The summed E-state index contributed by atoms with van der Waals surface area (Å²) < 4.78 is 10.4. The Hall–Kier alpha value is -2.05. The van der Waals surface area contributed by atoms with Crippen molar-refractivity contribution in [2.45, 2.75) is 12.5 Å². The Kier molecular flexibility index (Phi) is 3.57. The number of nitrogens with one attached hydrogen (secondary N) is 1. The van der Waals surface area contributed by atoms with E-state index in [9.17, 15) is 9.90 Å². The third kappa shape index (κ3) is 2.86. The first-order valence-electron chi connectivity index (χ1n) is 6.50. The van der Waals surface area contributed by atoms with E-state index in [2.05, 4.69) is 5.32 Å². The average Bonchev–Trinajstić information content (AvgIpc) is 3.14. The molecule has 0 bridgehead atoms. The van der Waals surface area contributed by atoms with Crippen LogP contribution in [0, 0.1) is 0 Å². The highest BCUT2D eigenvalue weighted by molar-refractivity contribution is 7.10. The Balaban J connectivity index is 1.67. The summed E-state index contributed by atoms with van der Waals surface area (Å²) in [6, 6.07) is 8.72. The second-order valence-corrected chi connectivity index (χ2v) is 5.95. The Morgan fingerprint density at radius 1 is 1.38 bits per heavy atom.